The maximum atomic E-state index is 13.2. The Balaban J connectivity index is 1.65. The number of nitrogens with zero attached hydrogens (tertiary/aromatic N) is 2. The van der Waals surface area contributed by atoms with Gasteiger partial charge in [-0.25, -0.2) is 13.4 Å². The summed E-state index contributed by atoms with van der Waals surface area (Å²) in [5.41, 5.74) is 3.21. The first-order chi connectivity index (χ1) is 15.8. The number of para-hydroxylation sites is 1. The molecule has 4 rings (SSSR count). The van der Waals surface area contributed by atoms with Crippen molar-refractivity contribution in [3.8, 4) is 5.75 Å². The van der Waals surface area contributed by atoms with E-state index in [9.17, 15) is 13.2 Å². The molecule has 0 aliphatic heterocycles. The Morgan fingerprint density at radius 3 is 2.48 bits per heavy atom. The average Bonchev–Trinajstić information content (AvgIpc) is 2.81. The molecule has 2 heterocycles. The van der Waals surface area contributed by atoms with Crippen LogP contribution in [-0.4, -0.2) is 31.4 Å². The Morgan fingerprint density at radius 1 is 1.00 bits per heavy atom. The summed E-state index contributed by atoms with van der Waals surface area (Å²) in [6.45, 7) is 3.65. The molecular formula is C24H22N4O4S. The van der Waals surface area contributed by atoms with E-state index in [1.54, 1.807) is 36.7 Å². The molecular weight excluding hydrogens is 440 g/mol. The molecule has 0 bridgehead atoms. The SMILES string of the molecule is COc1ccc(NC(=O)c2ccc3cnccc3n2)cc1S(=O)(=O)Nc1c(C)cccc1C. The summed E-state index contributed by atoms with van der Waals surface area (Å²) in [6, 6.07) is 15.0. The van der Waals surface area contributed by atoms with E-state index >= 15 is 0 Å². The summed E-state index contributed by atoms with van der Waals surface area (Å²) in [6.07, 6.45) is 3.26. The van der Waals surface area contributed by atoms with E-state index < -0.39 is 15.9 Å². The topological polar surface area (TPSA) is 110 Å². The molecule has 0 fully saturated rings. The van der Waals surface area contributed by atoms with Gasteiger partial charge in [-0.3, -0.25) is 14.5 Å². The number of amides is 1. The Hall–Kier alpha value is -3.98. The number of rotatable bonds is 6. The van der Waals surface area contributed by atoms with E-state index in [-0.39, 0.29) is 16.3 Å². The van der Waals surface area contributed by atoms with Crippen LogP contribution in [0.4, 0.5) is 11.4 Å². The lowest BCUT2D eigenvalue weighted by Gasteiger charge is -2.16. The van der Waals surface area contributed by atoms with Crippen LogP contribution in [0.5, 0.6) is 5.75 Å². The lowest BCUT2D eigenvalue weighted by Crippen LogP contribution is -2.17. The second kappa shape index (κ2) is 8.87. The van der Waals surface area contributed by atoms with Gasteiger partial charge >= 0.3 is 0 Å². The van der Waals surface area contributed by atoms with Gasteiger partial charge < -0.3 is 10.1 Å². The Morgan fingerprint density at radius 2 is 1.76 bits per heavy atom. The molecule has 9 heteroatoms. The summed E-state index contributed by atoms with van der Waals surface area (Å²) in [7, 11) is -2.61. The molecule has 0 spiro atoms. The fourth-order valence-corrected chi connectivity index (χ4v) is 4.82. The molecule has 0 radical (unpaired) electrons. The number of benzene rings is 2. The minimum Gasteiger partial charge on any atom is -0.495 e. The maximum absolute atomic E-state index is 13.2. The lowest BCUT2D eigenvalue weighted by molar-refractivity contribution is 0.102. The molecule has 1 amide bonds. The van der Waals surface area contributed by atoms with Crippen LogP contribution in [0.3, 0.4) is 0 Å². The smallest absolute Gasteiger partial charge is 0.274 e. The normalized spacial score (nSPS) is 11.2. The molecule has 0 atom stereocenters. The van der Waals surface area contributed by atoms with Crippen LogP contribution in [-0.2, 0) is 10.0 Å². The van der Waals surface area contributed by atoms with E-state index in [0.29, 0.717) is 16.9 Å². The van der Waals surface area contributed by atoms with E-state index in [4.69, 9.17) is 4.74 Å². The van der Waals surface area contributed by atoms with Crippen molar-refractivity contribution in [2.75, 3.05) is 17.1 Å². The first-order valence-corrected chi connectivity index (χ1v) is 11.6. The fraction of sp³-hybridized carbons (Fsp3) is 0.125. The molecule has 0 aliphatic carbocycles. The van der Waals surface area contributed by atoms with Crippen molar-refractivity contribution in [1.29, 1.82) is 0 Å². The molecule has 0 saturated heterocycles. The third-order valence-corrected chi connectivity index (χ3v) is 6.52. The molecule has 33 heavy (non-hydrogen) atoms. The number of pyridine rings is 2. The van der Waals surface area contributed by atoms with Gasteiger partial charge in [0.15, 0.2) is 0 Å². The minimum atomic E-state index is -4.00. The minimum absolute atomic E-state index is 0.0944. The number of methoxy groups -OCH3 is 1. The average molecular weight is 463 g/mol. The van der Waals surface area contributed by atoms with Gasteiger partial charge in [0.1, 0.15) is 16.3 Å². The van der Waals surface area contributed by atoms with Crippen LogP contribution in [0.1, 0.15) is 21.6 Å². The summed E-state index contributed by atoms with van der Waals surface area (Å²) in [4.78, 5) is 21.0. The first-order valence-electron chi connectivity index (χ1n) is 10.1. The highest BCUT2D eigenvalue weighted by Crippen LogP contribution is 2.31. The van der Waals surface area contributed by atoms with Crippen LogP contribution in [0.25, 0.3) is 10.9 Å². The van der Waals surface area contributed by atoms with Gasteiger partial charge in [0.05, 0.1) is 18.3 Å². The number of carbonyl (C=O) groups excluding carboxylic acids is 1. The van der Waals surface area contributed by atoms with E-state index in [0.717, 1.165) is 16.5 Å². The van der Waals surface area contributed by atoms with Crippen molar-refractivity contribution >= 4 is 38.2 Å². The number of aryl methyl sites for hydroxylation is 2. The van der Waals surface area contributed by atoms with Crippen molar-refractivity contribution < 1.29 is 17.9 Å². The molecule has 8 nitrogen and oxygen atoms in total. The predicted octanol–water partition coefficient (Wildman–Crippen LogP) is 4.31. The zero-order valence-corrected chi connectivity index (χ0v) is 19.1. The maximum Gasteiger partial charge on any atom is 0.274 e. The van der Waals surface area contributed by atoms with Crippen molar-refractivity contribution in [2.24, 2.45) is 0 Å². The molecule has 2 aromatic heterocycles. The quantitative estimate of drug-likeness (QED) is 0.442. The number of hydrogen-bond donors (Lipinski definition) is 2. The standard InChI is InChI=1S/C24H22N4O4S/c1-15-5-4-6-16(2)23(15)28-33(30,31)22-13-18(8-10-21(22)32-3)26-24(29)20-9-7-17-14-25-12-11-19(17)27-20/h4-14,28H,1-3H3,(H,26,29). The van der Waals surface area contributed by atoms with E-state index in [1.807, 2.05) is 32.0 Å². The van der Waals surface area contributed by atoms with Gasteiger partial charge in [0, 0.05) is 23.5 Å². The second-order valence-corrected chi connectivity index (χ2v) is 9.11. The number of anilines is 2. The van der Waals surface area contributed by atoms with Gasteiger partial charge in [-0.2, -0.15) is 0 Å². The van der Waals surface area contributed by atoms with Gasteiger partial charge in [-0.15, -0.1) is 0 Å². The molecule has 0 saturated carbocycles. The summed E-state index contributed by atoms with van der Waals surface area (Å²) >= 11 is 0. The zero-order chi connectivity index (χ0) is 23.6. The van der Waals surface area contributed by atoms with Crippen LogP contribution in [0, 0.1) is 13.8 Å². The number of hydrogen-bond acceptors (Lipinski definition) is 6. The Bertz CT molecular complexity index is 1450. The van der Waals surface area contributed by atoms with Gasteiger partial charge in [-0.05, 0) is 61.4 Å². The predicted molar refractivity (Wildman–Crippen MR) is 127 cm³/mol. The molecule has 168 valence electrons. The third-order valence-electron chi connectivity index (χ3n) is 5.15. The number of ether oxygens (including phenoxy) is 1. The van der Waals surface area contributed by atoms with Crippen LogP contribution in [0.2, 0.25) is 0 Å². The second-order valence-electron chi connectivity index (χ2n) is 7.46. The molecule has 4 aromatic rings. The van der Waals surface area contributed by atoms with Crippen molar-refractivity contribution in [1.82, 2.24) is 9.97 Å². The van der Waals surface area contributed by atoms with Crippen LogP contribution < -0.4 is 14.8 Å². The highest BCUT2D eigenvalue weighted by molar-refractivity contribution is 7.92. The molecule has 2 N–H and O–H groups in total. The van der Waals surface area contributed by atoms with E-state index in [2.05, 4.69) is 20.0 Å². The number of nitrogens with one attached hydrogen (secondary N) is 2. The third kappa shape index (κ3) is 4.63. The van der Waals surface area contributed by atoms with Crippen molar-refractivity contribution in [2.45, 2.75) is 18.7 Å². The summed E-state index contributed by atoms with van der Waals surface area (Å²) < 4.78 is 34.3. The zero-order valence-electron chi connectivity index (χ0n) is 18.3. The lowest BCUT2D eigenvalue weighted by atomic mass is 10.1. The van der Waals surface area contributed by atoms with Crippen molar-refractivity contribution in [3.05, 3.63) is 83.8 Å². The summed E-state index contributed by atoms with van der Waals surface area (Å²) in [5.74, 6) is -0.312. The number of carbonyl (C=O) groups is 1. The number of fused-ring (bicyclic) bond motifs is 1. The fourth-order valence-electron chi connectivity index (χ4n) is 3.42. The Labute approximate surface area is 191 Å². The summed E-state index contributed by atoms with van der Waals surface area (Å²) in [5, 5.41) is 3.52. The molecule has 0 aliphatic rings. The number of aromatic nitrogens is 2. The highest BCUT2D eigenvalue weighted by atomic mass is 32.2. The van der Waals surface area contributed by atoms with Gasteiger partial charge in [0.2, 0.25) is 0 Å². The molecule has 0 unspecified atom stereocenters. The van der Waals surface area contributed by atoms with Crippen LogP contribution in [0.15, 0.2) is 71.9 Å². The van der Waals surface area contributed by atoms with Gasteiger partial charge in [0.25, 0.3) is 15.9 Å². The monoisotopic (exact) mass is 462 g/mol. The van der Waals surface area contributed by atoms with E-state index in [1.165, 1.54) is 19.2 Å². The largest absolute Gasteiger partial charge is 0.495 e. The first kappa shape index (κ1) is 22.2. The highest BCUT2D eigenvalue weighted by Gasteiger charge is 2.22. The number of sulfonamides is 1. The Kier molecular flexibility index (Phi) is 5.97. The van der Waals surface area contributed by atoms with Crippen LogP contribution >= 0.6 is 0 Å². The van der Waals surface area contributed by atoms with Gasteiger partial charge in [-0.1, -0.05) is 18.2 Å². The molecule has 2 aromatic carbocycles. The van der Waals surface area contributed by atoms with Crippen molar-refractivity contribution in [3.63, 3.8) is 0 Å².